The predicted molar refractivity (Wildman–Crippen MR) is 38.4 cm³/mol. The first kappa shape index (κ1) is 1.81. The lowest BCUT2D eigenvalue weighted by molar-refractivity contribution is -0.137. The molecule has 0 heterocycles. The van der Waals surface area contributed by atoms with E-state index >= 15 is 0 Å². The average Bonchev–Trinajstić information content (AvgIpc) is 2.44. The molecule has 0 bridgehead atoms. The predicted octanol–water partition coefficient (Wildman–Crippen LogP) is 1.11. The SMILES string of the molecule is [2H]OC(=O)C([2H])([2H])C([2H])([2H])C([2H])([2H])C([2H])([2H])C([2H])([2H])C(=O)O[2H]. The van der Waals surface area contributed by atoms with Crippen LogP contribution in [0.3, 0.4) is 0 Å². The van der Waals surface area contributed by atoms with Gasteiger partial charge < -0.3 is 10.2 Å². The quantitative estimate of drug-likeness (QED) is 0.629. The van der Waals surface area contributed by atoms with E-state index in [4.69, 9.17) is 16.6 Å². The van der Waals surface area contributed by atoms with Crippen molar-refractivity contribution in [2.75, 3.05) is 0 Å². The van der Waals surface area contributed by atoms with Gasteiger partial charge in [0.1, 0.15) is 0 Å². The van der Waals surface area contributed by atoms with Gasteiger partial charge in [0, 0.05) is 26.5 Å². The maximum Gasteiger partial charge on any atom is 0.303 e. The minimum atomic E-state index is -4.13. The van der Waals surface area contributed by atoms with Crippen LogP contribution in [-0.2, 0) is 9.59 Å². The van der Waals surface area contributed by atoms with Crippen molar-refractivity contribution < 1.29 is 33.5 Å². The highest BCUT2D eigenvalue weighted by Gasteiger charge is 1.98. The van der Waals surface area contributed by atoms with Crippen molar-refractivity contribution in [1.29, 1.82) is 2.86 Å². The zero-order valence-electron chi connectivity index (χ0n) is 17.1. The summed E-state index contributed by atoms with van der Waals surface area (Å²) < 4.78 is 86.2. The second kappa shape index (κ2) is 5.70. The van der Waals surface area contributed by atoms with Gasteiger partial charge in [0.05, 0.1) is 0 Å². The van der Waals surface area contributed by atoms with Gasteiger partial charge >= 0.3 is 11.9 Å². The fourth-order valence-corrected chi connectivity index (χ4v) is 0.196. The first-order chi connectivity index (χ1) is 9.96. The molecule has 2 N–H and O–H groups in total. The fourth-order valence-electron chi connectivity index (χ4n) is 0.196. The van der Waals surface area contributed by atoms with E-state index in [9.17, 15) is 9.59 Å². The zero-order chi connectivity index (χ0) is 19.1. The van der Waals surface area contributed by atoms with Crippen LogP contribution in [0.25, 0.3) is 2.86 Å². The summed E-state index contributed by atoms with van der Waals surface area (Å²) in [5, 5.41) is 6.51. The van der Waals surface area contributed by atoms with Crippen molar-refractivity contribution in [3.63, 3.8) is 0 Å². The molecule has 0 rings (SSSR count). The van der Waals surface area contributed by atoms with E-state index in [1.54, 1.807) is 0 Å². The van der Waals surface area contributed by atoms with Gasteiger partial charge in [0.25, 0.3) is 2.86 Å². The second-order valence-corrected chi connectivity index (χ2v) is 1.20. The Morgan fingerprint density at radius 2 is 1.55 bits per heavy atom. The number of carbonyl (C=O) groups is 2. The van der Waals surface area contributed by atoms with Crippen LogP contribution in [-0.4, -0.2) is 22.2 Å². The summed E-state index contributed by atoms with van der Waals surface area (Å²) in [6, 6.07) is 0. The highest BCUT2D eigenvalue weighted by Crippen LogP contribution is 2.02. The molecule has 64 valence electrons. The molecule has 0 atom stereocenters. The Morgan fingerprint density at radius 3 is 1.91 bits per heavy atom. The van der Waals surface area contributed by atoms with Crippen LogP contribution in [0.5, 0.6) is 0 Å². The van der Waals surface area contributed by atoms with Gasteiger partial charge in [0.2, 0.25) is 0 Å². The molecule has 4 heteroatoms. The lowest BCUT2D eigenvalue weighted by atomic mass is 10.1. The van der Waals surface area contributed by atoms with Gasteiger partial charge in [-0.3, -0.25) is 9.59 Å². The fraction of sp³-hybridized carbons (Fsp3) is 0.714. The van der Waals surface area contributed by atoms with Crippen molar-refractivity contribution in [3.05, 3.63) is 0 Å². The van der Waals surface area contributed by atoms with Crippen LogP contribution in [0, 0.1) is 0 Å². The normalized spacial score (nSPS) is 31.3. The molecular formula is C7H12O4. The molecule has 0 fully saturated rings. The van der Waals surface area contributed by atoms with Crippen molar-refractivity contribution in [1.82, 2.24) is 0 Å². The van der Waals surface area contributed by atoms with Crippen LogP contribution in [0.2, 0.25) is 0 Å². The maximum atomic E-state index is 11.2. The molecule has 11 heavy (non-hydrogen) atoms. The molecule has 0 aliphatic heterocycles. The van der Waals surface area contributed by atoms with E-state index in [1.165, 1.54) is 0 Å². The van der Waals surface area contributed by atoms with Gasteiger partial charge in [-0.05, 0) is 12.7 Å². The third-order valence-electron chi connectivity index (χ3n) is 0.454. The van der Waals surface area contributed by atoms with E-state index in [-0.39, 0.29) is 0 Å². The molecule has 0 aliphatic carbocycles. The van der Waals surface area contributed by atoms with E-state index in [0.29, 0.717) is 0 Å². The van der Waals surface area contributed by atoms with Gasteiger partial charge in [-0.1, -0.05) is 6.37 Å². The first-order valence-corrected chi connectivity index (χ1v) is 2.32. The molecule has 0 aromatic rings. The van der Waals surface area contributed by atoms with E-state index in [2.05, 4.69) is 10.2 Å². The van der Waals surface area contributed by atoms with Gasteiger partial charge in [-0.25, -0.2) is 0 Å². The topological polar surface area (TPSA) is 74.6 Å². The highest BCUT2D eigenvalue weighted by molar-refractivity contribution is 5.67. The van der Waals surface area contributed by atoms with Gasteiger partial charge in [-0.2, -0.15) is 0 Å². The van der Waals surface area contributed by atoms with Crippen LogP contribution < -0.4 is 0 Å². The smallest absolute Gasteiger partial charge is 0.303 e. The molecule has 0 aromatic heterocycles. The summed E-state index contributed by atoms with van der Waals surface area (Å²) in [6.07, 6.45) is -20.1. The number of rotatable bonds is 6. The largest absolute Gasteiger partial charge is 0.481 e. The number of hydrogen-bond acceptors (Lipinski definition) is 4. The van der Waals surface area contributed by atoms with Crippen LogP contribution >= 0.6 is 0 Å². The van der Waals surface area contributed by atoms with Crippen LogP contribution in [0.4, 0.5) is 0 Å². The Balaban J connectivity index is 6.24. The Labute approximate surface area is 81.9 Å². The standard InChI is InChI=1S/C7H12O4/c8-6(9)4-2-1-3-5-7(10)11/h1-5H2,(H,8,9)(H,10,11)/i1D2,2D2,3D2,4D2,5D2/hD2. The first-order valence-electron chi connectivity index (χ1n) is 8.13. The van der Waals surface area contributed by atoms with Gasteiger partial charge in [0.15, 0.2) is 0 Å². The monoisotopic (exact) mass is 172 g/mol. The lowest BCUT2D eigenvalue weighted by Gasteiger charge is -1.94. The third-order valence-corrected chi connectivity index (χ3v) is 0.454. The van der Waals surface area contributed by atoms with E-state index in [1.807, 2.05) is 0 Å². The average molecular weight is 172 g/mol. The molecule has 0 unspecified atom stereocenters. The lowest BCUT2D eigenvalue weighted by Crippen LogP contribution is -1.96. The van der Waals surface area contributed by atoms with Crippen molar-refractivity contribution in [2.45, 2.75) is 31.9 Å². The molecule has 0 amide bonds. The summed E-state index contributed by atoms with van der Waals surface area (Å²) in [5.41, 5.74) is 0. The van der Waals surface area contributed by atoms with Crippen molar-refractivity contribution >= 4 is 11.9 Å². The third kappa shape index (κ3) is 8.94. The summed E-state index contributed by atoms with van der Waals surface area (Å²) in [4.78, 5) is 22.3. The Hall–Kier alpha value is -1.06. The number of carboxylic acids is 2. The highest BCUT2D eigenvalue weighted by atomic mass is 16.4. The van der Waals surface area contributed by atoms with Crippen LogP contribution in [0.15, 0.2) is 0 Å². The number of carboxylic acid groups (broad SMARTS) is 2. The minimum absolute atomic E-state index is 2.19. The van der Waals surface area contributed by atoms with Crippen LogP contribution in [0.1, 0.15) is 45.6 Å². The van der Waals surface area contributed by atoms with Crippen molar-refractivity contribution in [2.24, 2.45) is 0 Å². The second-order valence-electron chi connectivity index (χ2n) is 1.20. The Bertz CT molecular complexity index is 444. The molecule has 0 saturated carbocycles. The van der Waals surface area contributed by atoms with E-state index < -0.39 is 43.8 Å². The van der Waals surface area contributed by atoms with E-state index in [0.717, 1.165) is 0 Å². The number of aliphatic carboxylic acids is 2. The molecular weight excluding hydrogens is 148 g/mol. The zero-order valence-corrected chi connectivity index (χ0v) is 5.13. The molecule has 4 nitrogen and oxygen atoms in total. The molecule has 0 saturated heterocycles. The molecule has 0 radical (unpaired) electrons. The Kier molecular flexibility index (Phi) is 0.940. The van der Waals surface area contributed by atoms with Gasteiger partial charge in [-0.15, -0.1) is 0 Å². The minimum Gasteiger partial charge on any atom is -0.481 e. The summed E-state index contributed by atoms with van der Waals surface area (Å²) in [5.74, 6) is -4.38. The summed E-state index contributed by atoms with van der Waals surface area (Å²) >= 11 is 0. The number of hydrogen-bond donors (Lipinski definition) is 2. The van der Waals surface area contributed by atoms with Crippen molar-refractivity contribution in [3.8, 4) is 0 Å². The molecule has 0 aromatic carbocycles. The molecule has 0 aliphatic rings. The Morgan fingerprint density at radius 1 is 1.09 bits per heavy atom. The maximum absolute atomic E-state index is 11.2. The summed E-state index contributed by atoms with van der Waals surface area (Å²) in [6.45, 7) is 0. The molecule has 0 spiro atoms. The summed E-state index contributed by atoms with van der Waals surface area (Å²) in [7, 11) is 0.